The van der Waals surface area contributed by atoms with Crippen LogP contribution in [0.1, 0.15) is 29.3 Å². The Labute approximate surface area is 386 Å². The Morgan fingerprint density at radius 1 is 0.485 bits per heavy atom. The summed E-state index contributed by atoms with van der Waals surface area (Å²) in [7, 11) is 0. The van der Waals surface area contributed by atoms with Crippen LogP contribution in [-0.2, 0) is 6.42 Å². The van der Waals surface area contributed by atoms with Crippen molar-refractivity contribution in [2.45, 2.75) is 20.3 Å². The fourth-order valence-electron chi connectivity index (χ4n) is 10.4. The maximum absolute atomic E-state index is 2.47. The molecule has 0 radical (unpaired) electrons. The summed E-state index contributed by atoms with van der Waals surface area (Å²) in [5.41, 5.74) is 22.0. The van der Waals surface area contributed by atoms with E-state index < -0.39 is 0 Å². The zero-order valence-corrected chi connectivity index (χ0v) is 37.1. The van der Waals surface area contributed by atoms with E-state index in [1.807, 2.05) is 0 Å². The number of nitrogens with zero attached hydrogens (tertiary/aromatic N) is 3. The van der Waals surface area contributed by atoms with E-state index in [0.717, 1.165) is 34.9 Å². The zero-order chi connectivity index (χ0) is 44.1. The number of para-hydroxylation sites is 5. The Bertz CT molecular complexity index is 3640. The minimum absolute atomic E-state index is 0.843. The summed E-state index contributed by atoms with van der Waals surface area (Å²) >= 11 is 0. The van der Waals surface area contributed by atoms with Crippen LogP contribution in [0.2, 0.25) is 0 Å². The highest BCUT2D eigenvalue weighted by Gasteiger charge is 2.28. The maximum Gasteiger partial charge on any atom is 0.0541 e. The molecular weight excluding hydrogens is 799 g/mol. The lowest BCUT2D eigenvalue weighted by Crippen LogP contribution is -2.11. The average Bonchev–Trinajstić information content (AvgIpc) is 4.05. The van der Waals surface area contributed by atoms with Gasteiger partial charge in [-0.05, 0) is 161 Å². The molecule has 0 amide bonds. The van der Waals surface area contributed by atoms with Crippen LogP contribution in [0, 0.1) is 6.92 Å². The second-order valence-electron chi connectivity index (χ2n) is 17.3. The molecule has 9 aromatic carbocycles. The highest BCUT2D eigenvalue weighted by Crippen LogP contribution is 2.49. The zero-order valence-electron chi connectivity index (χ0n) is 37.1. The van der Waals surface area contributed by atoms with Gasteiger partial charge in [-0.3, -0.25) is 0 Å². The van der Waals surface area contributed by atoms with Crippen molar-refractivity contribution < 1.29 is 0 Å². The van der Waals surface area contributed by atoms with Crippen molar-refractivity contribution in [1.29, 1.82) is 0 Å². The van der Waals surface area contributed by atoms with Crippen molar-refractivity contribution >= 4 is 55.8 Å². The standard InChI is InChI=1S/C63H47N3/c1-3-4-8-26-52-39-48-19-15-17-28-59(48)66(52)62-37-34-53(46-33-36-61-56(41-46)54-27-16-18-29-60(54)65(61)51-24-13-7-14-25-51)63-55-40-45(30-31-47(55)42-57(62)63)44-32-35-58(43(2)38-44)64(49-20-9-5-10-21-49)50-22-11-6-12-23-50/h3-41H,42H2,1-2H3/b4-3-,26-8-. The molecule has 314 valence electrons. The lowest BCUT2D eigenvalue weighted by atomic mass is 9.91. The molecule has 0 fully saturated rings. The van der Waals surface area contributed by atoms with Crippen LogP contribution >= 0.6 is 0 Å². The first kappa shape index (κ1) is 39.2. The molecule has 12 rings (SSSR count). The van der Waals surface area contributed by atoms with E-state index in [2.05, 4.69) is 265 Å². The van der Waals surface area contributed by atoms with Crippen LogP contribution in [0.15, 0.2) is 231 Å². The molecule has 1 aliphatic rings. The third kappa shape index (κ3) is 6.59. The normalized spacial score (nSPS) is 12.2. The van der Waals surface area contributed by atoms with Crippen LogP contribution in [0.4, 0.5) is 17.1 Å². The Morgan fingerprint density at radius 3 is 1.89 bits per heavy atom. The van der Waals surface area contributed by atoms with Crippen LogP contribution in [-0.4, -0.2) is 9.13 Å². The lowest BCUT2D eigenvalue weighted by molar-refractivity contribution is 1.07. The average molecular weight is 846 g/mol. The number of rotatable bonds is 9. The molecule has 0 unspecified atom stereocenters. The molecule has 3 heteroatoms. The number of hydrogen-bond acceptors (Lipinski definition) is 1. The number of allylic oxidation sites excluding steroid dienone is 3. The molecule has 0 bridgehead atoms. The van der Waals surface area contributed by atoms with Gasteiger partial charge in [-0.15, -0.1) is 0 Å². The predicted octanol–water partition coefficient (Wildman–Crippen LogP) is 17.0. The first-order valence-electron chi connectivity index (χ1n) is 22.9. The Balaban J connectivity index is 1.05. The van der Waals surface area contributed by atoms with Crippen molar-refractivity contribution in [1.82, 2.24) is 9.13 Å². The van der Waals surface area contributed by atoms with Gasteiger partial charge in [0.15, 0.2) is 0 Å². The van der Waals surface area contributed by atoms with Crippen LogP contribution in [0.5, 0.6) is 0 Å². The minimum atomic E-state index is 0.843. The van der Waals surface area contributed by atoms with Crippen molar-refractivity contribution in [3.63, 3.8) is 0 Å². The molecular formula is C63H47N3. The van der Waals surface area contributed by atoms with E-state index in [4.69, 9.17) is 0 Å². The smallest absolute Gasteiger partial charge is 0.0541 e. The van der Waals surface area contributed by atoms with Crippen LogP contribution < -0.4 is 4.90 Å². The molecule has 0 aliphatic heterocycles. The molecule has 0 saturated heterocycles. The van der Waals surface area contributed by atoms with Crippen molar-refractivity contribution in [2.24, 2.45) is 0 Å². The third-order valence-electron chi connectivity index (χ3n) is 13.4. The Morgan fingerprint density at radius 2 is 1.14 bits per heavy atom. The van der Waals surface area contributed by atoms with E-state index in [0.29, 0.717) is 0 Å². The van der Waals surface area contributed by atoms with Gasteiger partial charge in [0.25, 0.3) is 0 Å². The molecule has 2 heterocycles. The first-order chi connectivity index (χ1) is 32.6. The van der Waals surface area contributed by atoms with Gasteiger partial charge in [-0.2, -0.15) is 0 Å². The summed E-state index contributed by atoms with van der Waals surface area (Å²) < 4.78 is 4.87. The minimum Gasteiger partial charge on any atom is -0.310 e. The number of anilines is 3. The van der Waals surface area contributed by atoms with Crippen LogP contribution in [0.25, 0.3) is 83.5 Å². The maximum atomic E-state index is 2.47. The number of fused-ring (bicyclic) bond motifs is 7. The second-order valence-corrected chi connectivity index (χ2v) is 17.3. The molecule has 0 atom stereocenters. The van der Waals surface area contributed by atoms with Gasteiger partial charge in [-0.1, -0.05) is 140 Å². The largest absolute Gasteiger partial charge is 0.310 e. The first-order valence-corrected chi connectivity index (χ1v) is 22.9. The highest BCUT2D eigenvalue weighted by molar-refractivity contribution is 6.11. The predicted molar refractivity (Wildman–Crippen MR) is 280 cm³/mol. The van der Waals surface area contributed by atoms with Gasteiger partial charge in [0, 0.05) is 51.0 Å². The SMILES string of the molecule is C/C=C\C=C/c1cc2ccccc2n1-c1ccc(-c2ccc3c(c2)c2ccccc2n3-c2ccccc2)c2c1Cc1ccc(-c3ccc(N(c4ccccc4)c4ccccc4)c(C)c3)cc1-2. The highest BCUT2D eigenvalue weighted by atomic mass is 15.1. The van der Waals surface area contributed by atoms with Crippen molar-refractivity contribution in [3.8, 4) is 44.8 Å². The van der Waals surface area contributed by atoms with Gasteiger partial charge < -0.3 is 14.0 Å². The van der Waals surface area contributed by atoms with E-state index in [-0.39, 0.29) is 0 Å². The van der Waals surface area contributed by atoms with Gasteiger partial charge in [0.05, 0.1) is 22.2 Å². The summed E-state index contributed by atoms with van der Waals surface area (Å²) in [6.45, 7) is 4.30. The van der Waals surface area contributed by atoms with E-state index in [1.54, 1.807) is 0 Å². The number of aryl methyl sites for hydroxylation is 1. The molecule has 11 aromatic rings. The lowest BCUT2D eigenvalue weighted by Gasteiger charge is -2.27. The number of hydrogen-bond donors (Lipinski definition) is 0. The molecule has 3 nitrogen and oxygen atoms in total. The van der Waals surface area contributed by atoms with E-state index in [9.17, 15) is 0 Å². The van der Waals surface area contributed by atoms with E-state index >= 15 is 0 Å². The number of aromatic nitrogens is 2. The van der Waals surface area contributed by atoms with Crippen molar-refractivity contribution in [3.05, 3.63) is 253 Å². The van der Waals surface area contributed by atoms with Gasteiger partial charge in [0.1, 0.15) is 0 Å². The van der Waals surface area contributed by atoms with Gasteiger partial charge in [0.2, 0.25) is 0 Å². The van der Waals surface area contributed by atoms with Gasteiger partial charge in [-0.25, -0.2) is 0 Å². The summed E-state index contributed by atoms with van der Waals surface area (Å²) in [6.07, 6.45) is 9.41. The molecule has 0 N–H and O–H groups in total. The van der Waals surface area contributed by atoms with Crippen LogP contribution in [0.3, 0.4) is 0 Å². The topological polar surface area (TPSA) is 13.1 Å². The molecule has 0 saturated carbocycles. The van der Waals surface area contributed by atoms with Crippen molar-refractivity contribution in [2.75, 3.05) is 4.90 Å². The van der Waals surface area contributed by atoms with E-state index in [1.165, 1.54) is 88.5 Å². The molecule has 0 spiro atoms. The molecule has 1 aliphatic carbocycles. The summed E-state index contributed by atoms with van der Waals surface area (Å²) in [5, 5.41) is 3.73. The Hall–Kier alpha value is -8.40. The third-order valence-corrected chi connectivity index (χ3v) is 13.4. The van der Waals surface area contributed by atoms with Gasteiger partial charge >= 0.3 is 0 Å². The number of benzene rings is 9. The fourth-order valence-corrected chi connectivity index (χ4v) is 10.4. The monoisotopic (exact) mass is 845 g/mol. The molecule has 2 aromatic heterocycles. The summed E-state index contributed by atoms with van der Waals surface area (Å²) in [6, 6.07) is 77.9. The fraction of sp³-hybridized carbons (Fsp3) is 0.0476. The summed E-state index contributed by atoms with van der Waals surface area (Å²) in [4.78, 5) is 2.35. The second kappa shape index (κ2) is 16.3. The quantitative estimate of drug-likeness (QED) is 0.132. The molecule has 66 heavy (non-hydrogen) atoms. The summed E-state index contributed by atoms with van der Waals surface area (Å²) in [5.74, 6) is 0. The Kier molecular flexibility index (Phi) is 9.69.